The molecule has 4 heteroatoms. The molecule has 0 bridgehead atoms. The van der Waals surface area contributed by atoms with Gasteiger partial charge in [0.15, 0.2) is 0 Å². The molecule has 3 rings (SSSR count). The first-order valence-electron chi connectivity index (χ1n) is 10.3. The molecule has 0 aliphatic carbocycles. The van der Waals surface area contributed by atoms with Crippen molar-refractivity contribution in [1.82, 2.24) is 10.2 Å². The molecular weight excluding hydrogens is 324 g/mol. The Bertz CT molecular complexity index is 614. The topological polar surface area (TPSA) is 49.4 Å². The van der Waals surface area contributed by atoms with E-state index < -0.39 is 0 Å². The van der Waals surface area contributed by atoms with E-state index >= 15 is 0 Å². The van der Waals surface area contributed by atoms with Crippen LogP contribution in [-0.4, -0.2) is 36.3 Å². The summed E-state index contributed by atoms with van der Waals surface area (Å²) < 4.78 is 0. The van der Waals surface area contributed by atoms with E-state index in [1.807, 2.05) is 0 Å². The highest BCUT2D eigenvalue weighted by Crippen LogP contribution is 2.31. The lowest BCUT2D eigenvalue weighted by atomic mass is 9.85. The summed E-state index contributed by atoms with van der Waals surface area (Å²) in [5.74, 6) is 0.985. The third kappa shape index (κ3) is 4.53. The molecule has 1 aromatic carbocycles. The Kier molecular flexibility index (Phi) is 6.47. The number of amides is 2. The molecule has 2 saturated heterocycles. The fourth-order valence-corrected chi connectivity index (χ4v) is 4.37. The fourth-order valence-electron chi connectivity index (χ4n) is 4.37. The molecular formula is C22H32N2O2. The largest absolute Gasteiger partial charge is 0.303 e. The van der Waals surface area contributed by atoms with Gasteiger partial charge in [0.25, 0.3) is 0 Å². The number of hydrogen-bond donors (Lipinski definition) is 1. The summed E-state index contributed by atoms with van der Waals surface area (Å²) in [4.78, 5) is 26.0. The Morgan fingerprint density at radius 1 is 1.00 bits per heavy atom. The van der Waals surface area contributed by atoms with Crippen LogP contribution in [0.1, 0.15) is 75.3 Å². The van der Waals surface area contributed by atoms with Gasteiger partial charge in [-0.05, 0) is 55.3 Å². The van der Waals surface area contributed by atoms with E-state index in [0.717, 1.165) is 11.5 Å². The Balaban J connectivity index is 1.55. The van der Waals surface area contributed by atoms with Crippen molar-refractivity contribution in [3.63, 3.8) is 0 Å². The van der Waals surface area contributed by atoms with Crippen molar-refractivity contribution in [2.24, 2.45) is 5.92 Å². The maximum absolute atomic E-state index is 12.0. The molecule has 0 spiro atoms. The van der Waals surface area contributed by atoms with Gasteiger partial charge in [0.2, 0.25) is 11.8 Å². The van der Waals surface area contributed by atoms with Crippen LogP contribution in [0.15, 0.2) is 24.3 Å². The molecule has 2 aliphatic rings. The second-order valence-corrected chi connectivity index (χ2v) is 7.93. The highest BCUT2D eigenvalue weighted by molar-refractivity contribution is 6.00. The van der Waals surface area contributed by atoms with E-state index in [-0.39, 0.29) is 17.7 Å². The van der Waals surface area contributed by atoms with E-state index in [4.69, 9.17) is 0 Å². The molecule has 1 N–H and O–H groups in total. The van der Waals surface area contributed by atoms with Gasteiger partial charge in [-0.3, -0.25) is 14.9 Å². The molecule has 0 saturated carbocycles. The van der Waals surface area contributed by atoms with E-state index in [1.165, 1.54) is 50.9 Å². The average molecular weight is 357 g/mol. The normalized spacial score (nSPS) is 22.7. The second-order valence-electron chi connectivity index (χ2n) is 7.93. The van der Waals surface area contributed by atoms with Gasteiger partial charge < -0.3 is 4.90 Å². The van der Waals surface area contributed by atoms with Crippen molar-refractivity contribution >= 4 is 11.8 Å². The number of nitrogens with one attached hydrogen (secondary N) is 1. The molecule has 0 radical (unpaired) electrons. The van der Waals surface area contributed by atoms with Crippen LogP contribution in [0.4, 0.5) is 0 Å². The van der Waals surface area contributed by atoms with E-state index in [2.05, 4.69) is 48.3 Å². The number of carbonyl (C=O) groups excluding carboxylic acids is 2. The van der Waals surface area contributed by atoms with E-state index in [1.54, 1.807) is 0 Å². The van der Waals surface area contributed by atoms with Crippen molar-refractivity contribution < 1.29 is 9.59 Å². The smallest absolute Gasteiger partial charge is 0.234 e. The second kappa shape index (κ2) is 8.81. The van der Waals surface area contributed by atoms with Crippen LogP contribution in [0.5, 0.6) is 0 Å². The zero-order valence-electron chi connectivity index (χ0n) is 16.2. The monoisotopic (exact) mass is 356 g/mol. The van der Waals surface area contributed by atoms with Crippen molar-refractivity contribution in [2.45, 2.75) is 64.2 Å². The van der Waals surface area contributed by atoms with Crippen LogP contribution in [0, 0.1) is 5.92 Å². The van der Waals surface area contributed by atoms with Crippen molar-refractivity contribution in [2.75, 3.05) is 19.6 Å². The summed E-state index contributed by atoms with van der Waals surface area (Å²) in [6.45, 7) is 8.22. The van der Waals surface area contributed by atoms with Gasteiger partial charge >= 0.3 is 0 Å². The molecule has 1 aromatic rings. The van der Waals surface area contributed by atoms with E-state index in [9.17, 15) is 9.59 Å². The fraction of sp³-hybridized carbons (Fsp3) is 0.636. The van der Waals surface area contributed by atoms with Crippen LogP contribution in [0.3, 0.4) is 0 Å². The number of carbonyl (C=O) groups is 2. The number of rotatable bonds is 6. The molecule has 1 atom stereocenters. The summed E-state index contributed by atoms with van der Waals surface area (Å²) in [5, 5.41) is 2.45. The van der Waals surface area contributed by atoms with Crippen LogP contribution in [0.25, 0.3) is 0 Å². The number of likely N-dealkylation sites (tertiary alicyclic amines) is 1. The number of piperidine rings is 2. The third-order valence-corrected chi connectivity index (χ3v) is 6.31. The standard InChI is InChI=1S/C22H32N2O2/c1-3-16(4-2)15-24-13-11-18(12-14-24)17-5-7-19(8-6-17)20-9-10-21(25)23-22(20)26/h5-8,16,18,20H,3-4,9-15H2,1-2H3,(H,23,25,26). The van der Waals surface area contributed by atoms with Crippen LogP contribution in [-0.2, 0) is 9.59 Å². The maximum atomic E-state index is 12.0. The Labute approximate surface area is 157 Å². The van der Waals surface area contributed by atoms with Crippen molar-refractivity contribution in [1.29, 1.82) is 0 Å². The van der Waals surface area contributed by atoms with Gasteiger partial charge in [0, 0.05) is 13.0 Å². The number of hydrogen-bond acceptors (Lipinski definition) is 3. The summed E-state index contributed by atoms with van der Waals surface area (Å²) in [7, 11) is 0. The zero-order valence-corrected chi connectivity index (χ0v) is 16.2. The molecule has 2 amide bonds. The molecule has 1 unspecified atom stereocenters. The highest BCUT2D eigenvalue weighted by Gasteiger charge is 2.28. The average Bonchev–Trinajstić information content (AvgIpc) is 2.67. The summed E-state index contributed by atoms with van der Waals surface area (Å²) in [6, 6.07) is 8.57. The first kappa shape index (κ1) is 19.1. The van der Waals surface area contributed by atoms with Crippen LogP contribution in [0.2, 0.25) is 0 Å². The van der Waals surface area contributed by atoms with Gasteiger partial charge in [-0.15, -0.1) is 0 Å². The van der Waals surface area contributed by atoms with Crippen molar-refractivity contribution in [3.05, 3.63) is 35.4 Å². The predicted octanol–water partition coefficient (Wildman–Crippen LogP) is 3.82. The Hall–Kier alpha value is -1.68. The molecule has 2 fully saturated rings. The minimum atomic E-state index is -0.177. The van der Waals surface area contributed by atoms with Crippen molar-refractivity contribution in [3.8, 4) is 0 Å². The quantitative estimate of drug-likeness (QED) is 0.788. The molecule has 26 heavy (non-hydrogen) atoms. The van der Waals surface area contributed by atoms with Gasteiger partial charge in [-0.25, -0.2) is 0 Å². The first-order valence-corrected chi connectivity index (χ1v) is 10.3. The SMILES string of the molecule is CCC(CC)CN1CCC(c2ccc(C3CCC(=O)NC3=O)cc2)CC1. The zero-order chi connectivity index (χ0) is 18.5. The molecule has 2 aliphatic heterocycles. The third-order valence-electron chi connectivity index (χ3n) is 6.31. The highest BCUT2D eigenvalue weighted by atomic mass is 16.2. The number of imide groups is 1. The molecule has 4 nitrogen and oxygen atoms in total. The Morgan fingerprint density at radius 2 is 1.62 bits per heavy atom. The summed E-state index contributed by atoms with van der Waals surface area (Å²) >= 11 is 0. The minimum Gasteiger partial charge on any atom is -0.303 e. The Morgan fingerprint density at radius 3 is 2.19 bits per heavy atom. The lowest BCUT2D eigenvalue weighted by Gasteiger charge is -2.34. The predicted molar refractivity (Wildman–Crippen MR) is 104 cm³/mol. The van der Waals surface area contributed by atoms with E-state index in [0.29, 0.717) is 18.8 Å². The van der Waals surface area contributed by atoms with Crippen LogP contribution < -0.4 is 5.32 Å². The first-order chi connectivity index (χ1) is 12.6. The minimum absolute atomic E-state index is 0.149. The number of benzene rings is 1. The molecule has 142 valence electrons. The van der Waals surface area contributed by atoms with Gasteiger partial charge in [-0.2, -0.15) is 0 Å². The van der Waals surface area contributed by atoms with Crippen LogP contribution >= 0.6 is 0 Å². The summed E-state index contributed by atoms with van der Waals surface area (Å²) in [5.41, 5.74) is 2.42. The maximum Gasteiger partial charge on any atom is 0.234 e. The lowest BCUT2D eigenvalue weighted by Crippen LogP contribution is -2.39. The summed E-state index contributed by atoms with van der Waals surface area (Å²) in [6.07, 6.45) is 6.05. The van der Waals surface area contributed by atoms with Gasteiger partial charge in [0.05, 0.1) is 5.92 Å². The lowest BCUT2D eigenvalue weighted by molar-refractivity contribution is -0.134. The molecule has 2 heterocycles. The van der Waals surface area contributed by atoms with Gasteiger partial charge in [0.1, 0.15) is 0 Å². The molecule has 0 aromatic heterocycles. The van der Waals surface area contributed by atoms with Gasteiger partial charge in [-0.1, -0.05) is 51.0 Å². The number of nitrogens with zero attached hydrogens (tertiary/aromatic N) is 1.